The topological polar surface area (TPSA) is 36.5 Å². The summed E-state index contributed by atoms with van der Waals surface area (Å²) in [5.41, 5.74) is 0. The van der Waals surface area contributed by atoms with Crippen molar-refractivity contribution in [1.29, 1.82) is 0 Å². The van der Waals surface area contributed by atoms with Gasteiger partial charge in [-0.2, -0.15) is 0 Å². The molecule has 0 amide bonds. The standard InChI is InChI=1S/C23H49N3O/c1-5-6-7-8-9-10-11-12-13-14-15-16-17-18-19-21-20-22(27-4)25-23(24-21)26(2)3/h21-25H,5-20H2,1-4H3/i1D,4D3,20D2,22D,23D/hD2. The van der Waals surface area contributed by atoms with Gasteiger partial charge in [-0.3, -0.25) is 15.5 Å². The number of rotatable bonds is 17. The zero-order chi connectivity index (χ0) is 28.3. The average molecular weight is 394 g/mol. The Kier molecular flexibility index (Phi) is 8.20. The first kappa shape index (κ1) is 13.2. The van der Waals surface area contributed by atoms with Gasteiger partial charge in [-0.1, -0.05) is 96.8 Å². The Morgan fingerprint density at radius 1 is 0.926 bits per heavy atom. The molecule has 0 radical (unpaired) electrons. The van der Waals surface area contributed by atoms with Crippen LogP contribution in [0.2, 0.25) is 2.82 Å². The highest BCUT2D eigenvalue weighted by molar-refractivity contribution is 4.81. The number of methoxy groups -OCH3 is 1. The van der Waals surface area contributed by atoms with Crippen LogP contribution >= 0.6 is 0 Å². The van der Waals surface area contributed by atoms with Gasteiger partial charge >= 0.3 is 0 Å². The molecule has 4 heteroatoms. The van der Waals surface area contributed by atoms with Gasteiger partial charge in [-0.25, -0.2) is 0 Å². The van der Waals surface area contributed by atoms with Gasteiger partial charge in [-0.15, -0.1) is 0 Å². The van der Waals surface area contributed by atoms with Crippen LogP contribution in [0.1, 0.15) is 121 Å². The van der Waals surface area contributed by atoms with E-state index in [4.69, 9.17) is 18.5 Å². The van der Waals surface area contributed by atoms with Gasteiger partial charge in [0.05, 0.1) is 6.85 Å². The van der Waals surface area contributed by atoms with Crippen molar-refractivity contribution in [3.63, 3.8) is 0 Å². The van der Waals surface area contributed by atoms with Crippen molar-refractivity contribution in [1.82, 2.24) is 15.5 Å². The highest BCUT2D eigenvalue weighted by atomic mass is 16.5. The molecule has 1 saturated heterocycles. The van der Waals surface area contributed by atoms with E-state index in [-0.39, 0.29) is 11.7 Å². The molecule has 162 valence electrons. The van der Waals surface area contributed by atoms with Crippen molar-refractivity contribution in [3.05, 3.63) is 0 Å². The van der Waals surface area contributed by atoms with Crippen LogP contribution in [0.5, 0.6) is 0 Å². The van der Waals surface area contributed by atoms with E-state index in [9.17, 15) is 0 Å². The van der Waals surface area contributed by atoms with Gasteiger partial charge in [0.2, 0.25) is 0 Å². The summed E-state index contributed by atoms with van der Waals surface area (Å²) in [5.74, 6) is 0. The Hall–Kier alpha value is -0.160. The van der Waals surface area contributed by atoms with Gasteiger partial charge in [0.15, 0.2) is 0 Å². The van der Waals surface area contributed by atoms with E-state index in [1.165, 1.54) is 70.4 Å². The molecule has 4 nitrogen and oxygen atoms in total. The third-order valence-electron chi connectivity index (χ3n) is 4.99. The van der Waals surface area contributed by atoms with Gasteiger partial charge in [0.25, 0.3) is 0 Å². The molecule has 27 heavy (non-hydrogen) atoms. The fourth-order valence-electron chi connectivity index (χ4n) is 3.33. The Bertz CT molecular complexity index is 642. The molecule has 0 aromatic carbocycles. The molecular formula is C23H49N3O. The lowest BCUT2D eigenvalue weighted by molar-refractivity contribution is -0.0148. The van der Waals surface area contributed by atoms with Crippen LogP contribution in [0.4, 0.5) is 0 Å². The van der Waals surface area contributed by atoms with Crippen LogP contribution in [-0.4, -0.2) is 44.5 Å². The Balaban J connectivity index is 2.50. The summed E-state index contributed by atoms with van der Waals surface area (Å²) >= 11 is 0. The molecule has 3 atom stereocenters. The van der Waals surface area contributed by atoms with Crippen LogP contribution < -0.4 is 10.6 Å². The smallest absolute Gasteiger partial charge is 0.128 e. The minimum atomic E-state index is -3.15. The largest absolute Gasteiger partial charge is 0.366 e. The SMILES string of the molecule is [2H]CCCCCCCCCCCCCCCCC1N([2H])C([2H])(N(C)C)N([2H])C([2H])(OC([2H])([2H])[2H])C1([2H])[2H]. The lowest BCUT2D eigenvalue weighted by Crippen LogP contribution is -2.63. The molecule has 0 saturated carbocycles. The van der Waals surface area contributed by atoms with E-state index in [0.717, 1.165) is 32.1 Å². The van der Waals surface area contributed by atoms with Gasteiger partial charge in [-0.05, 0) is 20.5 Å². The normalized spacial score (nSPS) is 37.8. The second-order valence-electron chi connectivity index (χ2n) is 7.74. The summed E-state index contributed by atoms with van der Waals surface area (Å²) in [6.07, 6.45) is 7.61. The van der Waals surface area contributed by atoms with E-state index in [2.05, 4.69) is 0 Å². The number of nitrogens with one attached hydrogen (secondary N) is 2. The Morgan fingerprint density at radius 3 is 2.00 bits per heavy atom. The fourth-order valence-corrected chi connectivity index (χ4v) is 3.33. The van der Waals surface area contributed by atoms with Crippen molar-refractivity contribution in [3.8, 4) is 0 Å². The van der Waals surface area contributed by atoms with Crippen LogP contribution in [0.15, 0.2) is 0 Å². The van der Waals surface area contributed by atoms with E-state index in [1.807, 2.05) is 0 Å². The number of unbranched alkanes of at least 4 members (excludes halogenated alkanes) is 13. The number of hydrogen-bond acceptors (Lipinski definition) is 4. The number of hydrogen-bond donors (Lipinski definition) is 2. The molecule has 1 aliphatic heterocycles. The van der Waals surface area contributed by atoms with Crippen molar-refractivity contribution in [2.24, 2.45) is 0 Å². The summed E-state index contributed by atoms with van der Waals surface area (Å²) in [5, 5.41) is 0.778. The second kappa shape index (κ2) is 16.8. The van der Waals surface area contributed by atoms with Gasteiger partial charge in [0, 0.05) is 23.6 Å². The Labute approximate surface area is 184 Å². The first-order valence-corrected chi connectivity index (χ1v) is 10.9. The van der Waals surface area contributed by atoms with E-state index in [1.54, 1.807) is 0 Å². The van der Waals surface area contributed by atoms with Crippen LogP contribution in [0, 0.1) is 0 Å². The number of ether oxygens (including phenoxy) is 1. The fraction of sp³-hybridized carbons (Fsp3) is 1.00. The molecule has 0 aromatic rings. The zero-order valence-corrected chi connectivity index (χ0v) is 17.6. The van der Waals surface area contributed by atoms with Crippen molar-refractivity contribution < 1.29 is 18.5 Å². The third-order valence-corrected chi connectivity index (χ3v) is 4.99. The van der Waals surface area contributed by atoms with Crippen molar-refractivity contribution in [2.45, 2.75) is 128 Å². The zero-order valence-electron chi connectivity index (χ0n) is 27.6. The summed E-state index contributed by atoms with van der Waals surface area (Å²) in [4.78, 5) is 1.17. The molecule has 1 aliphatic rings. The maximum atomic E-state index is 8.69. The van der Waals surface area contributed by atoms with Crippen LogP contribution in [-0.2, 0) is 4.74 Å². The molecule has 3 unspecified atom stereocenters. The second-order valence-corrected chi connectivity index (χ2v) is 7.74. The highest BCUT2D eigenvalue weighted by Crippen LogP contribution is 2.17. The van der Waals surface area contributed by atoms with E-state index in [0.29, 0.717) is 18.6 Å². The summed E-state index contributed by atoms with van der Waals surface area (Å²) in [7, 11) is -0.310. The molecular weight excluding hydrogens is 334 g/mol. The quantitative estimate of drug-likeness (QED) is 0.314. The molecule has 0 bridgehead atoms. The maximum Gasteiger partial charge on any atom is 0.128 e. The molecule has 0 aliphatic carbocycles. The monoisotopic (exact) mass is 393 g/mol. The molecule has 2 N–H and O–H groups in total. The van der Waals surface area contributed by atoms with Crippen molar-refractivity contribution in [2.75, 3.05) is 21.1 Å². The summed E-state index contributed by atoms with van der Waals surface area (Å²) in [6.45, 7) is 0.541. The first-order valence-electron chi connectivity index (χ1n) is 16.0. The van der Waals surface area contributed by atoms with Crippen molar-refractivity contribution >= 4 is 0 Å². The maximum absolute atomic E-state index is 8.69. The third kappa shape index (κ3) is 12.8. The highest BCUT2D eigenvalue weighted by Gasteiger charge is 2.27. The van der Waals surface area contributed by atoms with Gasteiger partial charge < -0.3 is 4.74 Å². The van der Waals surface area contributed by atoms with Crippen LogP contribution in [0.25, 0.3) is 0 Å². The first-order chi connectivity index (χ1) is 17.2. The average Bonchev–Trinajstić information content (AvgIpc) is 2.80. The lowest BCUT2D eigenvalue weighted by atomic mass is 10.0. The molecule has 1 rings (SSSR count). The lowest BCUT2D eigenvalue weighted by Gasteiger charge is -2.40. The Morgan fingerprint density at radius 2 is 1.48 bits per heavy atom. The van der Waals surface area contributed by atoms with E-state index < -0.39 is 31.9 Å². The van der Waals surface area contributed by atoms with Gasteiger partial charge in [0.1, 0.15) is 15.3 Å². The predicted molar refractivity (Wildman–Crippen MR) is 118 cm³/mol. The number of nitrogens with zero attached hydrogens (tertiary/aromatic N) is 1. The minimum Gasteiger partial charge on any atom is -0.366 e. The summed E-state index contributed by atoms with van der Waals surface area (Å²) < 4.78 is 85.4. The predicted octanol–water partition coefficient (Wildman–Crippen LogP) is 5.63. The molecule has 1 fully saturated rings. The van der Waals surface area contributed by atoms with E-state index >= 15 is 0 Å². The minimum absolute atomic E-state index is 0.121. The molecule has 0 aromatic heterocycles. The molecule has 1 heterocycles. The van der Waals surface area contributed by atoms with Crippen LogP contribution in [0.3, 0.4) is 0 Å². The molecule has 0 spiro atoms. The summed E-state index contributed by atoms with van der Waals surface area (Å²) in [6, 6.07) is -1.30.